The average Bonchev–Trinajstić information content (AvgIpc) is 3.52. The van der Waals surface area contributed by atoms with Crippen LogP contribution in [0.2, 0.25) is 0 Å². The fourth-order valence-electron chi connectivity index (χ4n) is 4.16. The Bertz CT molecular complexity index is 1380. The van der Waals surface area contributed by atoms with Gasteiger partial charge in [0.25, 0.3) is 5.91 Å². The van der Waals surface area contributed by atoms with Gasteiger partial charge < -0.3 is 4.57 Å². The molecule has 0 unspecified atom stereocenters. The van der Waals surface area contributed by atoms with E-state index in [1.165, 1.54) is 27.2 Å². The number of hydrogen-bond acceptors (Lipinski definition) is 5. The second kappa shape index (κ2) is 8.85. The number of hydrogen-bond donors (Lipinski definition) is 1. The highest BCUT2D eigenvalue weighted by Gasteiger charge is 2.35. The molecule has 0 bridgehead atoms. The molecule has 1 aromatic carbocycles. The number of amides is 1. The molecule has 3 aromatic rings. The van der Waals surface area contributed by atoms with Crippen LogP contribution in [0.3, 0.4) is 0 Å². The molecule has 4 heterocycles. The molecule has 34 heavy (non-hydrogen) atoms. The Balaban J connectivity index is 1.45. The number of benzene rings is 1. The Morgan fingerprint density at radius 2 is 1.91 bits per heavy atom. The van der Waals surface area contributed by atoms with Gasteiger partial charge in [-0.15, -0.1) is 11.3 Å². The summed E-state index contributed by atoms with van der Waals surface area (Å²) in [5, 5.41) is 18.1. The number of hydrazone groups is 1. The fourth-order valence-corrected chi connectivity index (χ4v) is 5.87. The van der Waals surface area contributed by atoms with E-state index in [0.29, 0.717) is 17.5 Å². The van der Waals surface area contributed by atoms with Gasteiger partial charge in [0.1, 0.15) is 5.04 Å². The zero-order chi connectivity index (χ0) is 24.0. The van der Waals surface area contributed by atoms with Gasteiger partial charge in [0.2, 0.25) is 5.17 Å². The molecule has 1 N–H and O–H groups in total. The predicted octanol–water partition coefficient (Wildman–Crippen LogP) is 6.14. The first-order valence-corrected chi connectivity index (χ1v) is 12.8. The van der Waals surface area contributed by atoms with E-state index in [9.17, 15) is 4.79 Å². The van der Waals surface area contributed by atoms with Gasteiger partial charge in [-0.2, -0.15) is 15.1 Å². The summed E-state index contributed by atoms with van der Waals surface area (Å²) < 4.78 is 2.17. The Morgan fingerprint density at radius 1 is 1.15 bits per heavy atom. The SMILES string of the molecule is Cc1cc(/C=C2/C(=N)N3N=C(Cc4cccs4)SC3=NC2=O)c(C)n1-c1ccc(C(C)C)cc1. The summed E-state index contributed by atoms with van der Waals surface area (Å²) in [5.41, 5.74) is 5.59. The monoisotopic (exact) mass is 487 g/mol. The maximum atomic E-state index is 12.9. The zero-order valence-electron chi connectivity index (χ0n) is 19.5. The van der Waals surface area contributed by atoms with Gasteiger partial charge in [-0.1, -0.05) is 32.0 Å². The summed E-state index contributed by atoms with van der Waals surface area (Å²) in [6.45, 7) is 8.45. The number of thioether (sulfide) groups is 1. The highest BCUT2D eigenvalue weighted by molar-refractivity contribution is 8.27. The van der Waals surface area contributed by atoms with Crippen LogP contribution in [0.5, 0.6) is 0 Å². The zero-order valence-corrected chi connectivity index (χ0v) is 21.1. The first-order chi connectivity index (χ1) is 16.3. The van der Waals surface area contributed by atoms with Crippen LogP contribution in [0.15, 0.2) is 63.5 Å². The Labute approximate surface area is 207 Å². The lowest BCUT2D eigenvalue weighted by Crippen LogP contribution is -2.35. The van der Waals surface area contributed by atoms with Gasteiger partial charge in [0, 0.05) is 28.4 Å². The number of amidine groups is 2. The molecule has 2 aliphatic rings. The van der Waals surface area contributed by atoms with E-state index in [1.54, 1.807) is 17.4 Å². The molecule has 0 aliphatic carbocycles. The number of aliphatic imine (C=N–C) groups is 1. The van der Waals surface area contributed by atoms with Crippen molar-refractivity contribution in [2.45, 2.75) is 40.0 Å². The van der Waals surface area contributed by atoms with Gasteiger partial charge in [0.05, 0.1) is 5.57 Å². The topological polar surface area (TPSA) is 73.8 Å². The lowest BCUT2D eigenvalue weighted by molar-refractivity contribution is -0.114. The molecular formula is C26H25N5OS2. The maximum absolute atomic E-state index is 12.9. The van der Waals surface area contributed by atoms with Crippen LogP contribution < -0.4 is 0 Å². The Kier molecular flexibility index (Phi) is 5.87. The second-order valence-electron chi connectivity index (χ2n) is 8.68. The van der Waals surface area contributed by atoms with E-state index >= 15 is 0 Å². The van der Waals surface area contributed by atoms with Crippen molar-refractivity contribution in [1.82, 2.24) is 9.58 Å². The summed E-state index contributed by atoms with van der Waals surface area (Å²) in [6, 6.07) is 14.7. The summed E-state index contributed by atoms with van der Waals surface area (Å²) in [4.78, 5) is 18.3. The normalized spacial score (nSPS) is 17.0. The standard InChI is InChI=1S/C26H25N5OS2/c1-15(2)18-7-9-20(10-8-18)30-16(3)12-19(17(30)4)13-22-24(27)31-26(28-25(22)32)34-23(29-31)14-21-6-5-11-33-21/h5-13,15,27H,14H2,1-4H3/b22-13-,27-24?. The lowest BCUT2D eigenvalue weighted by atomic mass is 10.0. The molecule has 2 aromatic heterocycles. The molecule has 0 spiro atoms. The second-order valence-corrected chi connectivity index (χ2v) is 10.8. The van der Waals surface area contributed by atoms with Gasteiger partial charge in [-0.25, -0.2) is 0 Å². The van der Waals surface area contributed by atoms with Crippen molar-refractivity contribution in [3.05, 3.63) is 80.8 Å². The third kappa shape index (κ3) is 4.08. The van der Waals surface area contributed by atoms with Gasteiger partial charge in [0.15, 0.2) is 5.84 Å². The third-order valence-electron chi connectivity index (χ3n) is 5.99. The molecule has 0 saturated heterocycles. The van der Waals surface area contributed by atoms with E-state index in [-0.39, 0.29) is 11.4 Å². The lowest BCUT2D eigenvalue weighted by Gasteiger charge is -2.20. The van der Waals surface area contributed by atoms with Gasteiger partial charge in [-0.3, -0.25) is 10.2 Å². The minimum Gasteiger partial charge on any atom is -0.318 e. The summed E-state index contributed by atoms with van der Waals surface area (Å²) in [7, 11) is 0. The van der Waals surface area contributed by atoms with Crippen LogP contribution in [-0.4, -0.2) is 31.5 Å². The first kappa shape index (κ1) is 22.6. The number of aryl methyl sites for hydroxylation is 1. The Hall–Kier alpha value is -3.23. The van der Waals surface area contributed by atoms with Crippen molar-refractivity contribution < 1.29 is 4.79 Å². The summed E-state index contributed by atoms with van der Waals surface area (Å²) in [5.74, 6) is 0.143. The van der Waals surface area contributed by atoms with E-state index < -0.39 is 5.91 Å². The van der Waals surface area contributed by atoms with Crippen LogP contribution >= 0.6 is 23.1 Å². The highest BCUT2D eigenvalue weighted by atomic mass is 32.2. The van der Waals surface area contributed by atoms with Crippen molar-refractivity contribution in [3.8, 4) is 5.69 Å². The predicted molar refractivity (Wildman–Crippen MR) is 142 cm³/mol. The molecule has 0 atom stereocenters. The van der Waals surface area contributed by atoms with Crippen molar-refractivity contribution in [2.75, 3.05) is 0 Å². The molecule has 1 amide bonds. The number of thiophene rings is 1. The minimum atomic E-state index is -0.401. The number of carbonyl (C=O) groups is 1. The van der Waals surface area contributed by atoms with E-state index in [0.717, 1.165) is 27.7 Å². The molecular weight excluding hydrogens is 462 g/mol. The first-order valence-electron chi connectivity index (χ1n) is 11.1. The molecule has 0 radical (unpaired) electrons. The van der Waals surface area contributed by atoms with E-state index in [2.05, 4.69) is 58.8 Å². The van der Waals surface area contributed by atoms with Gasteiger partial charge in [-0.05, 0) is 78.4 Å². The number of aromatic nitrogens is 1. The highest BCUT2D eigenvalue weighted by Crippen LogP contribution is 2.31. The average molecular weight is 488 g/mol. The van der Waals surface area contributed by atoms with Crippen molar-refractivity contribution in [1.29, 1.82) is 5.41 Å². The molecule has 5 rings (SSSR count). The number of nitrogens with one attached hydrogen (secondary N) is 1. The van der Waals surface area contributed by atoms with E-state index in [1.807, 2.05) is 31.4 Å². The Morgan fingerprint density at radius 3 is 2.59 bits per heavy atom. The number of carbonyl (C=O) groups excluding carboxylic acids is 1. The quantitative estimate of drug-likeness (QED) is 0.439. The van der Waals surface area contributed by atoms with Crippen molar-refractivity contribution in [2.24, 2.45) is 10.1 Å². The number of rotatable bonds is 5. The van der Waals surface area contributed by atoms with Crippen LogP contribution in [0.25, 0.3) is 11.8 Å². The maximum Gasteiger partial charge on any atom is 0.283 e. The molecule has 2 aliphatic heterocycles. The molecule has 6 nitrogen and oxygen atoms in total. The number of nitrogens with zero attached hydrogens (tertiary/aromatic N) is 4. The minimum absolute atomic E-state index is 0.0646. The third-order valence-corrected chi connectivity index (χ3v) is 7.77. The van der Waals surface area contributed by atoms with Crippen LogP contribution in [0, 0.1) is 19.3 Å². The summed E-state index contributed by atoms with van der Waals surface area (Å²) >= 11 is 3.02. The van der Waals surface area contributed by atoms with Crippen molar-refractivity contribution in [3.63, 3.8) is 0 Å². The molecule has 0 fully saturated rings. The van der Waals surface area contributed by atoms with Crippen LogP contribution in [0.1, 0.15) is 47.2 Å². The van der Waals surface area contributed by atoms with E-state index in [4.69, 9.17) is 5.41 Å². The molecule has 8 heteroatoms. The molecule has 172 valence electrons. The largest absolute Gasteiger partial charge is 0.318 e. The van der Waals surface area contributed by atoms with Gasteiger partial charge >= 0.3 is 0 Å². The van der Waals surface area contributed by atoms with Crippen LogP contribution in [-0.2, 0) is 11.2 Å². The smallest absolute Gasteiger partial charge is 0.283 e. The van der Waals surface area contributed by atoms with Crippen LogP contribution in [0.4, 0.5) is 0 Å². The summed E-state index contributed by atoms with van der Waals surface area (Å²) in [6.07, 6.45) is 2.44. The van der Waals surface area contributed by atoms with Crippen molar-refractivity contribution >= 4 is 51.1 Å². The fraction of sp³-hybridized carbons (Fsp3) is 0.231. The molecule has 0 saturated carbocycles. The number of fused-ring (bicyclic) bond motifs is 1.